The number of fused-ring (bicyclic) bond motifs is 1. The van der Waals surface area contributed by atoms with E-state index in [0.717, 1.165) is 34.5 Å². The Kier molecular flexibility index (Phi) is 7.16. The Morgan fingerprint density at radius 2 is 2.07 bits per heavy atom. The number of benzene rings is 2. The summed E-state index contributed by atoms with van der Waals surface area (Å²) < 4.78 is 48.0. The second-order valence-corrected chi connectivity index (χ2v) is 10.3. The number of halogens is 3. The molecule has 4 aromatic rings. The molecule has 1 N–H and O–H groups in total. The van der Waals surface area contributed by atoms with Crippen LogP contribution >= 0.6 is 0 Å². The van der Waals surface area contributed by atoms with Crippen LogP contribution in [0.2, 0.25) is 0 Å². The quantitative estimate of drug-likeness (QED) is 0.328. The van der Waals surface area contributed by atoms with Crippen molar-refractivity contribution in [2.75, 3.05) is 6.54 Å². The van der Waals surface area contributed by atoms with Gasteiger partial charge in [0.15, 0.2) is 5.82 Å². The summed E-state index contributed by atoms with van der Waals surface area (Å²) in [5.41, 5.74) is 5.36. The topological polar surface area (TPSA) is 106 Å². The third-order valence-electron chi connectivity index (χ3n) is 7.41. The van der Waals surface area contributed by atoms with Crippen molar-refractivity contribution in [3.05, 3.63) is 89.1 Å². The van der Waals surface area contributed by atoms with Gasteiger partial charge in [0.05, 0.1) is 17.5 Å². The van der Waals surface area contributed by atoms with E-state index in [0.29, 0.717) is 49.8 Å². The van der Waals surface area contributed by atoms with Crippen molar-refractivity contribution in [2.24, 2.45) is 5.92 Å². The van der Waals surface area contributed by atoms with Crippen LogP contribution in [0.15, 0.2) is 59.5 Å². The molecule has 6 rings (SSSR count). The molecule has 212 valence electrons. The van der Waals surface area contributed by atoms with E-state index >= 15 is 0 Å². The molecule has 2 atom stereocenters. The SMILES string of the molecule is Cc1noc(C2CC2C(=O)NCc2ccc(-c3cccc(OC(F)(F)F)c3)c3c2CN(Cc2cnccn2)CC3)n1. The Balaban J connectivity index is 1.25. The van der Waals surface area contributed by atoms with Gasteiger partial charge in [-0.25, -0.2) is 0 Å². The van der Waals surface area contributed by atoms with Crippen molar-refractivity contribution in [1.29, 1.82) is 0 Å². The van der Waals surface area contributed by atoms with Crippen molar-refractivity contribution >= 4 is 5.91 Å². The smallest absolute Gasteiger partial charge is 0.406 e. The van der Waals surface area contributed by atoms with Gasteiger partial charge in [0, 0.05) is 44.8 Å². The van der Waals surface area contributed by atoms with Gasteiger partial charge in [-0.1, -0.05) is 29.4 Å². The van der Waals surface area contributed by atoms with Crippen LogP contribution in [0.1, 0.15) is 46.4 Å². The lowest BCUT2D eigenvalue weighted by Crippen LogP contribution is -2.33. The lowest BCUT2D eigenvalue weighted by atomic mass is 9.87. The third kappa shape index (κ3) is 6.22. The van der Waals surface area contributed by atoms with E-state index in [9.17, 15) is 18.0 Å². The monoisotopic (exact) mass is 564 g/mol. The number of alkyl halides is 3. The van der Waals surface area contributed by atoms with E-state index in [4.69, 9.17) is 4.52 Å². The van der Waals surface area contributed by atoms with Crippen molar-refractivity contribution in [2.45, 2.75) is 51.7 Å². The van der Waals surface area contributed by atoms with Gasteiger partial charge >= 0.3 is 6.36 Å². The largest absolute Gasteiger partial charge is 0.573 e. The van der Waals surface area contributed by atoms with E-state index in [1.54, 1.807) is 37.6 Å². The molecule has 1 fully saturated rings. The predicted molar refractivity (Wildman–Crippen MR) is 140 cm³/mol. The summed E-state index contributed by atoms with van der Waals surface area (Å²) in [6.45, 7) is 4.00. The molecule has 2 aromatic heterocycles. The number of carbonyl (C=O) groups excluding carboxylic acids is 1. The first kappa shape index (κ1) is 26.9. The number of hydrogen-bond acceptors (Lipinski definition) is 8. The van der Waals surface area contributed by atoms with E-state index in [1.165, 1.54) is 12.1 Å². The van der Waals surface area contributed by atoms with Crippen molar-refractivity contribution in [1.82, 2.24) is 30.3 Å². The minimum absolute atomic E-state index is 0.0684. The number of aryl methyl sites for hydroxylation is 1. The number of nitrogens with one attached hydrogen (secondary N) is 1. The molecule has 1 saturated carbocycles. The molecular formula is C29H27F3N6O3. The van der Waals surface area contributed by atoms with Crippen LogP contribution in [-0.2, 0) is 30.8 Å². The summed E-state index contributed by atoms with van der Waals surface area (Å²) in [6.07, 6.45) is 1.58. The fraction of sp³-hybridized carbons (Fsp3) is 0.345. The summed E-state index contributed by atoms with van der Waals surface area (Å²) in [7, 11) is 0. The minimum atomic E-state index is -4.77. The van der Waals surface area contributed by atoms with Gasteiger partial charge in [-0.2, -0.15) is 4.98 Å². The first-order chi connectivity index (χ1) is 19.7. The predicted octanol–water partition coefficient (Wildman–Crippen LogP) is 4.71. The van der Waals surface area contributed by atoms with Crippen LogP contribution in [0.5, 0.6) is 5.75 Å². The lowest BCUT2D eigenvalue weighted by Gasteiger charge is -2.32. The van der Waals surface area contributed by atoms with Crippen LogP contribution in [0.25, 0.3) is 11.1 Å². The van der Waals surface area contributed by atoms with E-state index in [2.05, 4.69) is 35.1 Å². The summed E-state index contributed by atoms with van der Waals surface area (Å²) in [5.74, 6) is 0.402. The molecule has 2 unspecified atom stereocenters. The second-order valence-electron chi connectivity index (χ2n) is 10.3. The number of aromatic nitrogens is 4. The lowest BCUT2D eigenvalue weighted by molar-refractivity contribution is -0.274. The Hall–Kier alpha value is -4.32. The fourth-order valence-electron chi connectivity index (χ4n) is 5.40. The highest BCUT2D eigenvalue weighted by atomic mass is 19.4. The molecule has 1 amide bonds. The number of nitrogens with zero attached hydrogens (tertiary/aromatic N) is 5. The number of ether oxygens (including phenoxy) is 1. The van der Waals surface area contributed by atoms with Crippen LogP contribution < -0.4 is 10.1 Å². The number of rotatable bonds is 8. The minimum Gasteiger partial charge on any atom is -0.406 e. The van der Waals surface area contributed by atoms with Gasteiger partial charge in [-0.05, 0) is 59.7 Å². The van der Waals surface area contributed by atoms with Crippen LogP contribution in [0.3, 0.4) is 0 Å². The molecule has 12 heteroatoms. The average Bonchev–Trinajstić information content (AvgIpc) is 3.64. The van der Waals surface area contributed by atoms with Gasteiger partial charge < -0.3 is 14.6 Å². The van der Waals surface area contributed by atoms with E-state index < -0.39 is 6.36 Å². The maximum atomic E-state index is 13.0. The highest BCUT2D eigenvalue weighted by Crippen LogP contribution is 2.47. The molecule has 0 saturated heterocycles. The van der Waals surface area contributed by atoms with E-state index in [1.807, 2.05) is 12.1 Å². The van der Waals surface area contributed by atoms with Crippen LogP contribution in [-0.4, -0.2) is 43.8 Å². The zero-order valence-electron chi connectivity index (χ0n) is 22.2. The van der Waals surface area contributed by atoms with Crippen molar-refractivity contribution < 1.29 is 27.2 Å². The first-order valence-corrected chi connectivity index (χ1v) is 13.3. The molecule has 1 aliphatic heterocycles. The number of amides is 1. The maximum absolute atomic E-state index is 13.0. The van der Waals surface area contributed by atoms with Gasteiger partial charge in [-0.3, -0.25) is 19.7 Å². The van der Waals surface area contributed by atoms with Gasteiger partial charge in [0.1, 0.15) is 5.75 Å². The van der Waals surface area contributed by atoms with Crippen LogP contribution in [0.4, 0.5) is 13.2 Å². The number of hydrogen-bond donors (Lipinski definition) is 1. The molecule has 1 aliphatic carbocycles. The van der Waals surface area contributed by atoms with Gasteiger partial charge in [0.25, 0.3) is 0 Å². The Labute approximate surface area is 233 Å². The van der Waals surface area contributed by atoms with E-state index in [-0.39, 0.29) is 23.5 Å². The molecule has 2 aliphatic rings. The van der Waals surface area contributed by atoms with Gasteiger partial charge in [0.2, 0.25) is 11.8 Å². The summed E-state index contributed by atoms with van der Waals surface area (Å²) >= 11 is 0. The molecule has 41 heavy (non-hydrogen) atoms. The third-order valence-corrected chi connectivity index (χ3v) is 7.41. The highest BCUT2D eigenvalue weighted by Gasteiger charge is 2.47. The second kappa shape index (κ2) is 10.9. The van der Waals surface area contributed by atoms with Crippen molar-refractivity contribution in [3.63, 3.8) is 0 Å². The fourth-order valence-corrected chi connectivity index (χ4v) is 5.40. The first-order valence-electron chi connectivity index (χ1n) is 13.3. The zero-order chi connectivity index (χ0) is 28.6. The molecule has 2 aromatic carbocycles. The normalized spacial score (nSPS) is 18.5. The highest BCUT2D eigenvalue weighted by molar-refractivity contribution is 5.82. The molecule has 9 nitrogen and oxygen atoms in total. The maximum Gasteiger partial charge on any atom is 0.573 e. The average molecular weight is 565 g/mol. The molecule has 3 heterocycles. The summed E-state index contributed by atoms with van der Waals surface area (Å²) in [5, 5.41) is 6.87. The molecular weight excluding hydrogens is 537 g/mol. The Morgan fingerprint density at radius 1 is 1.20 bits per heavy atom. The Morgan fingerprint density at radius 3 is 2.83 bits per heavy atom. The molecule has 0 bridgehead atoms. The molecule has 0 radical (unpaired) electrons. The zero-order valence-corrected chi connectivity index (χ0v) is 22.2. The Bertz CT molecular complexity index is 1560. The summed E-state index contributed by atoms with van der Waals surface area (Å²) in [6, 6.07) is 9.87. The van der Waals surface area contributed by atoms with Crippen molar-refractivity contribution in [3.8, 4) is 16.9 Å². The number of carbonyl (C=O) groups is 1. The van der Waals surface area contributed by atoms with Gasteiger partial charge in [-0.15, -0.1) is 13.2 Å². The standard InChI is InChI=1S/C29H27F3N6O3/c1-17-36-28(41-37-17)25-12-24(25)27(39)35-13-19-5-6-22(18-3-2-4-21(11-18)40-29(30,31)32)23-7-10-38(16-26(19)23)15-20-14-33-8-9-34-20/h2-6,8-9,11,14,24-25H,7,10,12-13,15-16H2,1H3,(H,35,39). The summed E-state index contributed by atoms with van der Waals surface area (Å²) in [4.78, 5) is 28.0. The van der Waals surface area contributed by atoms with Crippen LogP contribution in [0, 0.1) is 12.8 Å². The molecule has 0 spiro atoms.